The summed E-state index contributed by atoms with van der Waals surface area (Å²) in [5.41, 5.74) is 3.57. The number of rotatable bonds is 7. The molecule has 1 amide bonds. The van der Waals surface area contributed by atoms with Gasteiger partial charge >= 0.3 is 0 Å². The molecule has 2 aliphatic heterocycles. The van der Waals surface area contributed by atoms with E-state index >= 15 is 0 Å². The first-order valence-corrected chi connectivity index (χ1v) is 13.7. The van der Waals surface area contributed by atoms with Crippen molar-refractivity contribution in [3.8, 4) is 0 Å². The highest BCUT2D eigenvalue weighted by atomic mass is 32.2. The number of amides is 1. The van der Waals surface area contributed by atoms with E-state index in [2.05, 4.69) is 43.7 Å². The molecule has 1 aromatic carbocycles. The molecule has 3 heterocycles. The summed E-state index contributed by atoms with van der Waals surface area (Å²) in [5.74, 6) is 2.10. The predicted octanol–water partition coefficient (Wildman–Crippen LogP) is 5.31. The highest BCUT2D eigenvalue weighted by Gasteiger charge is 2.44. The number of pyridine rings is 1. The molecule has 7 nitrogen and oxygen atoms in total. The smallest absolute Gasteiger partial charge is 0.258 e. The quantitative estimate of drug-likeness (QED) is 0.542. The van der Waals surface area contributed by atoms with E-state index in [1.165, 1.54) is 31.2 Å². The van der Waals surface area contributed by atoms with Gasteiger partial charge in [0.05, 0.1) is 5.56 Å². The number of nitrogens with one attached hydrogen (secondary N) is 1. The molecule has 8 heteroatoms. The van der Waals surface area contributed by atoms with Crippen molar-refractivity contribution < 1.29 is 4.79 Å². The van der Waals surface area contributed by atoms with Gasteiger partial charge in [-0.25, -0.2) is 4.98 Å². The van der Waals surface area contributed by atoms with E-state index in [-0.39, 0.29) is 11.9 Å². The maximum absolute atomic E-state index is 13.4. The van der Waals surface area contributed by atoms with Gasteiger partial charge in [-0.1, -0.05) is 17.3 Å². The van der Waals surface area contributed by atoms with Crippen molar-refractivity contribution in [2.24, 2.45) is 10.6 Å². The molecule has 1 aromatic heterocycles. The number of nitrogens with zero attached hydrogens (tertiary/aromatic N) is 4. The van der Waals surface area contributed by atoms with Gasteiger partial charge in [0, 0.05) is 37.6 Å². The van der Waals surface area contributed by atoms with Gasteiger partial charge in [0.15, 0.2) is 0 Å². The molecule has 34 heavy (non-hydrogen) atoms. The number of carbonyl (C=O) groups excluding carboxylic acids is 1. The van der Waals surface area contributed by atoms with Crippen LogP contribution in [0.5, 0.6) is 0 Å². The highest BCUT2D eigenvalue weighted by Crippen LogP contribution is 2.54. The van der Waals surface area contributed by atoms with Gasteiger partial charge in [-0.05, 0) is 80.0 Å². The van der Waals surface area contributed by atoms with Crippen LogP contribution >= 0.6 is 11.8 Å². The van der Waals surface area contributed by atoms with Crippen molar-refractivity contribution in [1.29, 1.82) is 0 Å². The zero-order valence-electron chi connectivity index (χ0n) is 19.8. The number of piperidine rings is 2. The van der Waals surface area contributed by atoms with Crippen LogP contribution < -0.4 is 15.1 Å². The molecule has 2 saturated heterocycles. The third-order valence-electron chi connectivity index (χ3n) is 7.59. The van der Waals surface area contributed by atoms with Gasteiger partial charge in [-0.15, -0.1) is 0 Å². The summed E-state index contributed by atoms with van der Waals surface area (Å²) < 4.78 is 0. The number of hydrogen-bond acceptors (Lipinski definition) is 7. The fraction of sp³-hybridized carbons (Fsp3) is 0.538. The lowest BCUT2D eigenvalue weighted by Gasteiger charge is -2.35. The van der Waals surface area contributed by atoms with Crippen LogP contribution in [0, 0.1) is 10.3 Å². The Morgan fingerprint density at radius 2 is 1.97 bits per heavy atom. The Morgan fingerprint density at radius 3 is 2.71 bits per heavy atom. The van der Waals surface area contributed by atoms with Crippen LogP contribution in [0.2, 0.25) is 0 Å². The molecule has 0 bridgehead atoms. The molecule has 180 valence electrons. The second-order valence-corrected chi connectivity index (χ2v) is 10.8. The molecule has 5 rings (SSSR count). The van der Waals surface area contributed by atoms with Crippen molar-refractivity contribution in [2.45, 2.75) is 50.3 Å². The third-order valence-corrected chi connectivity index (χ3v) is 8.21. The second kappa shape index (κ2) is 9.94. The molecule has 1 N–H and O–H groups in total. The van der Waals surface area contributed by atoms with Gasteiger partial charge in [-0.2, -0.15) is 16.7 Å². The number of thioether (sulfide) groups is 1. The maximum atomic E-state index is 13.4. The Balaban J connectivity index is 1.34. The lowest BCUT2D eigenvalue weighted by atomic mass is 9.92. The maximum Gasteiger partial charge on any atom is 0.258 e. The van der Waals surface area contributed by atoms with Crippen molar-refractivity contribution >= 4 is 35.0 Å². The SMILES string of the molecule is CSCc1ccc(C(=O)Nc2cccc(N3CCCC(N=O)C3)n2)c(N2CCC3(CC2)CC3)c1. The van der Waals surface area contributed by atoms with Gasteiger partial charge in [0.25, 0.3) is 5.91 Å². The van der Waals surface area contributed by atoms with E-state index in [1.807, 2.05) is 24.3 Å². The molecule has 3 aliphatic rings. The average molecular weight is 480 g/mol. The number of hydrogen-bond donors (Lipinski definition) is 1. The topological polar surface area (TPSA) is 77.9 Å². The van der Waals surface area contributed by atoms with Gasteiger partial charge in [0.1, 0.15) is 17.7 Å². The summed E-state index contributed by atoms with van der Waals surface area (Å²) in [6.45, 7) is 3.44. The minimum atomic E-state index is -0.199. The summed E-state index contributed by atoms with van der Waals surface area (Å²) in [7, 11) is 0. The first-order valence-electron chi connectivity index (χ1n) is 12.3. The first-order chi connectivity index (χ1) is 16.6. The second-order valence-electron chi connectivity index (χ2n) is 9.95. The van der Waals surface area contributed by atoms with E-state index in [0.717, 1.165) is 49.7 Å². The number of aromatic nitrogens is 1. The van der Waals surface area contributed by atoms with Crippen LogP contribution in [0.25, 0.3) is 0 Å². The summed E-state index contributed by atoms with van der Waals surface area (Å²) >= 11 is 1.79. The molecule has 0 radical (unpaired) electrons. The molecule has 1 saturated carbocycles. The third kappa shape index (κ3) is 5.06. The molecule has 1 unspecified atom stereocenters. The average Bonchev–Trinajstić information content (AvgIpc) is 3.63. The van der Waals surface area contributed by atoms with Gasteiger partial charge in [-0.3, -0.25) is 4.79 Å². The Labute approximate surface area is 205 Å². The van der Waals surface area contributed by atoms with Gasteiger partial charge in [0.2, 0.25) is 0 Å². The van der Waals surface area contributed by atoms with Crippen molar-refractivity contribution in [3.05, 3.63) is 52.4 Å². The Bertz CT molecular complexity index is 1050. The molecule has 1 atom stereocenters. The van der Waals surface area contributed by atoms with Crippen molar-refractivity contribution in [1.82, 2.24) is 4.98 Å². The minimum absolute atomic E-state index is 0.131. The zero-order chi connectivity index (χ0) is 23.5. The summed E-state index contributed by atoms with van der Waals surface area (Å²) in [5, 5.41) is 6.25. The van der Waals surface area contributed by atoms with Crippen LogP contribution in [0.4, 0.5) is 17.3 Å². The number of anilines is 3. The van der Waals surface area contributed by atoms with Crippen LogP contribution in [0.3, 0.4) is 0 Å². The van der Waals surface area contributed by atoms with E-state index in [0.29, 0.717) is 23.3 Å². The largest absolute Gasteiger partial charge is 0.371 e. The van der Waals surface area contributed by atoms with Crippen LogP contribution in [0.1, 0.15) is 54.4 Å². The molecular formula is C26H33N5O2S. The zero-order valence-corrected chi connectivity index (χ0v) is 20.6. The highest BCUT2D eigenvalue weighted by molar-refractivity contribution is 7.97. The van der Waals surface area contributed by atoms with E-state index in [1.54, 1.807) is 11.8 Å². The predicted molar refractivity (Wildman–Crippen MR) is 140 cm³/mol. The fourth-order valence-electron chi connectivity index (χ4n) is 5.29. The summed E-state index contributed by atoms with van der Waals surface area (Å²) in [4.78, 5) is 33.6. The fourth-order valence-corrected chi connectivity index (χ4v) is 5.80. The molecule has 3 fully saturated rings. The van der Waals surface area contributed by atoms with E-state index in [4.69, 9.17) is 0 Å². The minimum Gasteiger partial charge on any atom is -0.371 e. The molecule has 1 spiro atoms. The monoisotopic (exact) mass is 479 g/mol. The Hall–Kier alpha value is -2.61. The van der Waals surface area contributed by atoms with Crippen LogP contribution in [0.15, 0.2) is 41.6 Å². The first kappa shape index (κ1) is 23.1. The van der Waals surface area contributed by atoms with Crippen LogP contribution in [-0.2, 0) is 5.75 Å². The summed E-state index contributed by atoms with van der Waals surface area (Å²) in [6.07, 6.45) is 9.01. The summed E-state index contributed by atoms with van der Waals surface area (Å²) in [6, 6.07) is 11.7. The number of benzene rings is 1. The molecule has 1 aliphatic carbocycles. The lowest BCUT2D eigenvalue weighted by Crippen LogP contribution is -2.38. The lowest BCUT2D eigenvalue weighted by molar-refractivity contribution is 0.102. The van der Waals surface area contributed by atoms with Crippen LogP contribution in [-0.4, -0.2) is 49.4 Å². The Morgan fingerprint density at radius 1 is 1.15 bits per heavy atom. The standard InChI is InChI=1S/C26H33N5O2S/c1-34-18-19-7-8-21(22(16-19)30-14-11-26(9-10-26)12-15-30)25(32)28-23-5-2-6-24(27-23)31-13-3-4-20(17-31)29-33/h2,5-8,16,20H,3-4,9-15,17-18H2,1H3,(H,27,28,32). The van der Waals surface area contributed by atoms with E-state index < -0.39 is 0 Å². The Kier molecular flexibility index (Phi) is 6.77. The number of carbonyl (C=O) groups is 1. The van der Waals surface area contributed by atoms with Gasteiger partial charge < -0.3 is 15.1 Å². The van der Waals surface area contributed by atoms with Crippen molar-refractivity contribution in [3.63, 3.8) is 0 Å². The molecule has 2 aromatic rings. The van der Waals surface area contributed by atoms with E-state index in [9.17, 15) is 9.70 Å². The number of nitroso groups, excluding NO2 is 1. The molecular weight excluding hydrogens is 446 g/mol. The van der Waals surface area contributed by atoms with Crippen molar-refractivity contribution in [2.75, 3.05) is 47.6 Å². The normalized spacial score (nSPS) is 21.4.